The molecule has 2 N–H and O–H groups in total. The molecule has 10 heteroatoms. The van der Waals surface area contributed by atoms with Crippen LogP contribution < -0.4 is 10.3 Å². The van der Waals surface area contributed by atoms with Crippen LogP contribution >= 0.6 is 11.3 Å². The Bertz CT molecular complexity index is 1100. The van der Waals surface area contributed by atoms with E-state index in [2.05, 4.69) is 19.8 Å². The van der Waals surface area contributed by atoms with Gasteiger partial charge in [-0.1, -0.05) is 12.8 Å². The molecule has 160 valence electrons. The lowest BCUT2D eigenvalue weighted by Gasteiger charge is -2.27. The quantitative estimate of drug-likeness (QED) is 0.521. The average Bonchev–Trinajstić information content (AvgIpc) is 3.49. The molecule has 0 atom stereocenters. The molecule has 1 saturated carbocycles. The standard InChI is InChI=1S/C20H24N4O4S2/c25-19-9-7-17(22-23-19)18-8-10-20(29-18)30(26,27)21-11-12-24(15-4-1-2-5-15)14-16-6-3-13-28-16/h3,6-10,13,15,21H,1-2,4-5,11-12,14H2,(H,23,25). The summed E-state index contributed by atoms with van der Waals surface area (Å²) in [5, 5.41) is 6.31. The van der Waals surface area contributed by atoms with E-state index in [4.69, 9.17) is 4.42 Å². The summed E-state index contributed by atoms with van der Waals surface area (Å²) in [5.74, 6) is 0.890. The normalized spacial score (nSPS) is 15.2. The Morgan fingerprint density at radius 2 is 2.03 bits per heavy atom. The van der Waals surface area contributed by atoms with Crippen LogP contribution in [0.1, 0.15) is 31.4 Å². The number of aromatic amines is 1. The molecule has 4 rings (SSSR count). The Morgan fingerprint density at radius 1 is 1.20 bits per heavy atom. The van der Waals surface area contributed by atoms with Gasteiger partial charge in [-0.25, -0.2) is 18.2 Å². The van der Waals surface area contributed by atoms with E-state index in [1.54, 1.807) is 24.5 Å². The van der Waals surface area contributed by atoms with E-state index in [1.807, 2.05) is 12.1 Å². The van der Waals surface area contributed by atoms with E-state index in [0.29, 0.717) is 36.2 Å². The molecule has 0 saturated heterocycles. The third kappa shape index (κ3) is 5.07. The molecule has 1 aliphatic rings. The van der Waals surface area contributed by atoms with E-state index in [1.165, 1.54) is 18.9 Å². The summed E-state index contributed by atoms with van der Waals surface area (Å²) in [6, 6.07) is 10.5. The van der Waals surface area contributed by atoms with E-state index < -0.39 is 10.0 Å². The zero-order chi connectivity index (χ0) is 21.0. The minimum atomic E-state index is -3.62. The Kier molecular flexibility index (Phi) is 6.47. The summed E-state index contributed by atoms with van der Waals surface area (Å²) in [6.45, 7) is 1.62. The highest BCUT2D eigenvalue weighted by Crippen LogP contribution is 2.29. The Balaban J connectivity index is 1.39. The zero-order valence-corrected chi connectivity index (χ0v) is 18.0. The monoisotopic (exact) mass is 448 g/mol. The maximum absolute atomic E-state index is 12.7. The fraction of sp³-hybridized carbons (Fsp3) is 0.400. The lowest BCUT2D eigenvalue weighted by Crippen LogP contribution is -2.39. The van der Waals surface area contributed by atoms with Crippen molar-refractivity contribution in [2.24, 2.45) is 0 Å². The van der Waals surface area contributed by atoms with Crippen LogP contribution in [0.5, 0.6) is 0 Å². The van der Waals surface area contributed by atoms with E-state index in [0.717, 1.165) is 29.9 Å². The highest BCUT2D eigenvalue weighted by molar-refractivity contribution is 7.91. The molecule has 1 aliphatic carbocycles. The fourth-order valence-corrected chi connectivity index (χ4v) is 6.08. The van der Waals surface area contributed by atoms with Gasteiger partial charge in [-0.2, -0.15) is 5.10 Å². The number of hydrogen-bond donors (Lipinski definition) is 2. The van der Waals surface area contributed by atoms with Gasteiger partial charge in [0.25, 0.3) is 5.56 Å². The summed E-state index contributed by atoms with van der Waals surface area (Å²) in [7, 11) is -3.62. The van der Waals surface area contributed by atoms with Crippen molar-refractivity contribution in [2.75, 3.05) is 13.1 Å². The van der Waals surface area contributed by atoms with Crippen LogP contribution in [0.3, 0.4) is 0 Å². The molecular formula is C20H24N4O4S2. The van der Waals surface area contributed by atoms with Gasteiger partial charge in [-0.3, -0.25) is 9.69 Å². The van der Waals surface area contributed by atoms with E-state index >= 15 is 0 Å². The van der Waals surface area contributed by atoms with E-state index in [-0.39, 0.29) is 9.77 Å². The van der Waals surface area contributed by atoms with Gasteiger partial charge in [0.2, 0.25) is 10.0 Å². The molecule has 3 aromatic rings. The first kappa shape index (κ1) is 21.0. The van der Waals surface area contributed by atoms with Gasteiger partial charge in [-0.05, 0) is 43.2 Å². The molecule has 3 heterocycles. The number of nitrogens with one attached hydrogen (secondary N) is 2. The van der Waals surface area contributed by atoms with Gasteiger partial charge in [-0.15, -0.1) is 11.3 Å². The zero-order valence-electron chi connectivity index (χ0n) is 16.4. The number of sulfonamides is 1. The predicted octanol–water partition coefficient (Wildman–Crippen LogP) is 2.81. The number of furan rings is 1. The summed E-state index contributed by atoms with van der Waals surface area (Å²) >= 11 is 1.12. The fourth-order valence-electron chi connectivity index (χ4n) is 3.74. The topological polar surface area (TPSA) is 108 Å². The second-order valence-electron chi connectivity index (χ2n) is 7.31. The van der Waals surface area contributed by atoms with Gasteiger partial charge < -0.3 is 4.42 Å². The molecule has 3 aromatic heterocycles. The summed E-state index contributed by atoms with van der Waals surface area (Å²) in [5.41, 5.74) is 0.234. The van der Waals surface area contributed by atoms with Crippen LogP contribution in [0.4, 0.5) is 0 Å². The Morgan fingerprint density at radius 3 is 2.73 bits per heavy atom. The van der Waals surface area contributed by atoms with Gasteiger partial charge in [0.15, 0.2) is 0 Å². The maximum Gasteiger partial charge on any atom is 0.264 e. The van der Waals surface area contributed by atoms with Crippen molar-refractivity contribution in [3.8, 4) is 10.6 Å². The Labute approximate surface area is 179 Å². The maximum atomic E-state index is 12.7. The number of H-pyrrole nitrogens is 1. The molecule has 1 fully saturated rings. The minimum Gasteiger partial charge on any atom is -0.468 e. The summed E-state index contributed by atoms with van der Waals surface area (Å²) in [4.78, 5) is 14.1. The minimum absolute atomic E-state index is 0.226. The molecule has 30 heavy (non-hydrogen) atoms. The summed E-state index contributed by atoms with van der Waals surface area (Å²) in [6.07, 6.45) is 6.35. The first-order valence-corrected chi connectivity index (χ1v) is 12.2. The molecule has 0 unspecified atom stereocenters. The van der Waals surface area contributed by atoms with Gasteiger partial charge in [0.1, 0.15) is 15.7 Å². The van der Waals surface area contributed by atoms with Crippen molar-refractivity contribution >= 4 is 21.4 Å². The van der Waals surface area contributed by atoms with Crippen LogP contribution in [0.25, 0.3) is 10.6 Å². The molecule has 0 aliphatic heterocycles. The molecule has 0 bridgehead atoms. The second-order valence-corrected chi connectivity index (χ2v) is 10.4. The number of nitrogens with zero attached hydrogens (tertiary/aromatic N) is 2. The SMILES string of the molecule is O=c1ccc(-c2ccc(S(=O)(=O)NCCN(Cc3ccco3)C3CCCC3)s2)n[nH]1. The number of aromatic nitrogens is 2. The van der Waals surface area contributed by atoms with Crippen molar-refractivity contribution in [1.82, 2.24) is 19.8 Å². The third-order valence-electron chi connectivity index (χ3n) is 5.25. The molecule has 0 radical (unpaired) electrons. The molecule has 0 amide bonds. The smallest absolute Gasteiger partial charge is 0.264 e. The van der Waals surface area contributed by atoms with Gasteiger partial charge in [0, 0.05) is 25.2 Å². The van der Waals surface area contributed by atoms with Crippen molar-refractivity contribution < 1.29 is 12.8 Å². The number of thiophene rings is 1. The van der Waals surface area contributed by atoms with Crippen molar-refractivity contribution in [1.29, 1.82) is 0 Å². The predicted molar refractivity (Wildman–Crippen MR) is 115 cm³/mol. The molecule has 8 nitrogen and oxygen atoms in total. The highest BCUT2D eigenvalue weighted by atomic mass is 32.2. The van der Waals surface area contributed by atoms with Crippen LogP contribution in [0, 0.1) is 0 Å². The largest absolute Gasteiger partial charge is 0.468 e. The highest BCUT2D eigenvalue weighted by Gasteiger charge is 2.24. The third-order valence-corrected chi connectivity index (χ3v) is 8.31. The van der Waals surface area contributed by atoms with Crippen molar-refractivity contribution in [2.45, 2.75) is 42.5 Å². The molecule has 0 spiro atoms. The second kappa shape index (κ2) is 9.25. The lowest BCUT2D eigenvalue weighted by molar-refractivity contribution is 0.179. The average molecular weight is 449 g/mol. The lowest BCUT2D eigenvalue weighted by atomic mass is 10.2. The molecular weight excluding hydrogens is 424 g/mol. The first-order chi connectivity index (χ1) is 14.5. The van der Waals surface area contributed by atoms with E-state index in [9.17, 15) is 13.2 Å². The van der Waals surface area contributed by atoms with Crippen molar-refractivity contribution in [3.63, 3.8) is 0 Å². The van der Waals surface area contributed by atoms with Gasteiger partial charge in [0.05, 0.1) is 17.7 Å². The summed E-state index contributed by atoms with van der Waals surface area (Å²) < 4.78 is 33.9. The van der Waals surface area contributed by atoms with Crippen LogP contribution in [-0.2, 0) is 16.6 Å². The van der Waals surface area contributed by atoms with Crippen LogP contribution in [0.2, 0.25) is 0 Å². The van der Waals surface area contributed by atoms with Crippen molar-refractivity contribution in [3.05, 3.63) is 58.8 Å². The Hall–Kier alpha value is -2.27. The first-order valence-electron chi connectivity index (χ1n) is 9.93. The molecule has 0 aromatic carbocycles. The number of hydrogen-bond acceptors (Lipinski definition) is 7. The van der Waals surface area contributed by atoms with Crippen LogP contribution in [0.15, 0.2) is 56.1 Å². The number of rotatable bonds is 9. The van der Waals surface area contributed by atoms with Crippen LogP contribution in [-0.4, -0.2) is 42.6 Å². The van der Waals surface area contributed by atoms with Gasteiger partial charge >= 0.3 is 0 Å².